The number of aliphatic hydroxyl groups is 1. The van der Waals surface area contributed by atoms with Gasteiger partial charge in [-0.25, -0.2) is 0 Å². The molecule has 1 aromatic carbocycles. The number of piperidine rings is 1. The van der Waals surface area contributed by atoms with Gasteiger partial charge in [-0.1, -0.05) is 25.3 Å². The molecule has 5 aliphatic rings. The average molecular weight is 466 g/mol. The number of carbonyl (C=O) groups excluding carboxylic acids is 2. The van der Waals surface area contributed by atoms with Gasteiger partial charge in [0.15, 0.2) is 0 Å². The maximum Gasteiger partial charge on any atom is 0.137 e. The van der Waals surface area contributed by atoms with Gasteiger partial charge in [-0.2, -0.15) is 0 Å². The van der Waals surface area contributed by atoms with Crippen LogP contribution in [0.1, 0.15) is 81.8 Å². The Bertz CT molecular complexity index is 980. The SMILES string of the molecule is COc1ccc2c(c1)[C@]13CCN(CC4CC4)[C@H](C2)[C@]1(O)C[C@H](CC(=O)C1CCCCC1)C(=O)C3. The molecule has 1 aliphatic heterocycles. The molecule has 4 atom stereocenters. The Morgan fingerprint density at radius 3 is 2.71 bits per heavy atom. The lowest BCUT2D eigenvalue weighted by molar-refractivity contribution is -0.183. The molecule has 0 unspecified atom stereocenters. The van der Waals surface area contributed by atoms with Gasteiger partial charge in [-0.3, -0.25) is 14.5 Å². The monoisotopic (exact) mass is 465 g/mol. The fraction of sp³-hybridized carbons (Fsp3) is 0.724. The number of ketones is 2. The lowest BCUT2D eigenvalue weighted by atomic mass is 9.47. The summed E-state index contributed by atoms with van der Waals surface area (Å²) in [7, 11) is 1.67. The van der Waals surface area contributed by atoms with Crippen molar-refractivity contribution in [2.75, 3.05) is 20.2 Å². The van der Waals surface area contributed by atoms with E-state index in [4.69, 9.17) is 4.74 Å². The maximum absolute atomic E-state index is 13.6. The van der Waals surface area contributed by atoms with E-state index in [1.807, 2.05) is 6.07 Å². The lowest BCUT2D eigenvalue weighted by Crippen LogP contribution is -2.74. The zero-order chi connectivity index (χ0) is 23.5. The van der Waals surface area contributed by atoms with Crippen LogP contribution in [0, 0.1) is 17.8 Å². The van der Waals surface area contributed by atoms with Crippen LogP contribution >= 0.6 is 0 Å². The molecule has 6 rings (SSSR count). The molecule has 184 valence electrons. The lowest BCUT2D eigenvalue weighted by Gasteiger charge is -2.64. The number of methoxy groups -OCH3 is 1. The minimum Gasteiger partial charge on any atom is -0.497 e. The molecule has 0 spiro atoms. The summed E-state index contributed by atoms with van der Waals surface area (Å²) in [5.74, 6) is 1.75. The maximum atomic E-state index is 13.6. The zero-order valence-electron chi connectivity index (χ0n) is 20.6. The van der Waals surface area contributed by atoms with E-state index in [0.717, 1.165) is 68.8 Å². The first kappa shape index (κ1) is 22.7. The number of likely N-dealkylation sites (tertiary alicyclic amines) is 1. The van der Waals surface area contributed by atoms with Gasteiger partial charge in [0, 0.05) is 42.7 Å². The van der Waals surface area contributed by atoms with Crippen molar-refractivity contribution in [3.05, 3.63) is 29.3 Å². The molecule has 4 fully saturated rings. The van der Waals surface area contributed by atoms with Gasteiger partial charge in [0.2, 0.25) is 0 Å². The van der Waals surface area contributed by atoms with Gasteiger partial charge in [0.05, 0.1) is 12.7 Å². The van der Waals surface area contributed by atoms with Crippen LogP contribution in [0.2, 0.25) is 0 Å². The summed E-state index contributed by atoms with van der Waals surface area (Å²) in [4.78, 5) is 29.3. The quantitative estimate of drug-likeness (QED) is 0.681. The van der Waals surface area contributed by atoms with Crippen LogP contribution in [0.5, 0.6) is 5.75 Å². The summed E-state index contributed by atoms with van der Waals surface area (Å²) in [6, 6.07) is 6.25. The highest BCUT2D eigenvalue weighted by atomic mass is 16.5. The molecule has 1 N–H and O–H groups in total. The molecule has 34 heavy (non-hydrogen) atoms. The van der Waals surface area contributed by atoms with Crippen LogP contribution < -0.4 is 4.74 Å². The molecule has 1 saturated heterocycles. The molecular formula is C29H39NO4. The van der Waals surface area contributed by atoms with Crippen molar-refractivity contribution in [3.8, 4) is 5.75 Å². The summed E-state index contributed by atoms with van der Waals surface area (Å²) in [6.07, 6.45) is 10.7. The first-order valence-electron chi connectivity index (χ1n) is 13.6. The van der Waals surface area contributed by atoms with Gasteiger partial charge in [0.1, 0.15) is 17.3 Å². The van der Waals surface area contributed by atoms with Crippen LogP contribution in [-0.4, -0.2) is 53.4 Å². The molecule has 4 aliphatic carbocycles. The third-order valence-electron chi connectivity index (χ3n) is 10.1. The van der Waals surface area contributed by atoms with E-state index in [1.165, 1.54) is 24.8 Å². The Kier molecular flexibility index (Phi) is 5.64. The predicted octanol–water partition coefficient (Wildman–Crippen LogP) is 4.22. The van der Waals surface area contributed by atoms with E-state index in [9.17, 15) is 14.7 Å². The average Bonchev–Trinajstić information content (AvgIpc) is 3.66. The summed E-state index contributed by atoms with van der Waals surface area (Å²) >= 11 is 0. The van der Waals surface area contributed by atoms with Gasteiger partial charge >= 0.3 is 0 Å². The number of benzene rings is 1. The highest BCUT2D eigenvalue weighted by Crippen LogP contribution is 2.59. The molecule has 1 aromatic rings. The molecular weight excluding hydrogens is 426 g/mol. The van der Waals surface area contributed by atoms with Crippen molar-refractivity contribution in [1.29, 1.82) is 0 Å². The minimum absolute atomic E-state index is 0.0168. The van der Waals surface area contributed by atoms with Crippen molar-refractivity contribution in [3.63, 3.8) is 0 Å². The normalized spacial score (nSPS) is 36.0. The fourth-order valence-corrected chi connectivity index (χ4v) is 7.98. The molecule has 1 heterocycles. The second-order valence-electron chi connectivity index (χ2n) is 12.0. The number of Topliss-reactive ketones (excluding diaryl/α,β-unsaturated/α-hetero) is 2. The smallest absolute Gasteiger partial charge is 0.137 e. The van der Waals surface area contributed by atoms with E-state index < -0.39 is 11.0 Å². The molecule has 5 heteroatoms. The van der Waals surface area contributed by atoms with Crippen molar-refractivity contribution in [2.45, 2.75) is 94.1 Å². The van der Waals surface area contributed by atoms with Crippen molar-refractivity contribution in [2.24, 2.45) is 17.8 Å². The molecule has 0 radical (unpaired) electrons. The van der Waals surface area contributed by atoms with Crippen LogP contribution in [0.3, 0.4) is 0 Å². The van der Waals surface area contributed by atoms with E-state index in [-0.39, 0.29) is 29.4 Å². The van der Waals surface area contributed by atoms with Crippen molar-refractivity contribution >= 4 is 11.6 Å². The van der Waals surface area contributed by atoms with E-state index in [0.29, 0.717) is 19.3 Å². The Morgan fingerprint density at radius 1 is 1.18 bits per heavy atom. The van der Waals surface area contributed by atoms with Crippen molar-refractivity contribution in [1.82, 2.24) is 4.90 Å². The minimum atomic E-state index is -0.981. The fourth-order valence-electron chi connectivity index (χ4n) is 7.98. The summed E-state index contributed by atoms with van der Waals surface area (Å²) in [6.45, 7) is 1.98. The van der Waals surface area contributed by atoms with E-state index in [2.05, 4.69) is 17.0 Å². The number of nitrogens with zero attached hydrogens (tertiary/aromatic N) is 1. The van der Waals surface area contributed by atoms with E-state index in [1.54, 1.807) is 7.11 Å². The van der Waals surface area contributed by atoms with Gasteiger partial charge in [-0.15, -0.1) is 0 Å². The highest BCUT2D eigenvalue weighted by molar-refractivity contribution is 5.91. The Morgan fingerprint density at radius 2 is 1.97 bits per heavy atom. The van der Waals surface area contributed by atoms with Gasteiger partial charge in [0.25, 0.3) is 0 Å². The standard InChI is InChI=1S/C29H39NO4/c1-34-23-10-9-21-14-27-29(33)16-22(13-25(31)20-5-3-2-4-6-20)26(32)17-28(29,24(21)15-23)11-12-30(27)18-19-7-8-19/h9-10,15,19-20,22,27,33H,2-8,11-14,16-18H2,1H3/t22-,27+,28+,29+/m0/s1. The molecule has 0 amide bonds. The third kappa shape index (κ3) is 3.57. The topological polar surface area (TPSA) is 66.8 Å². The Labute approximate surface area is 203 Å². The van der Waals surface area contributed by atoms with Crippen molar-refractivity contribution < 1.29 is 19.4 Å². The van der Waals surface area contributed by atoms with E-state index >= 15 is 0 Å². The largest absolute Gasteiger partial charge is 0.497 e. The molecule has 5 nitrogen and oxygen atoms in total. The number of hydrogen-bond donors (Lipinski definition) is 1. The first-order chi connectivity index (χ1) is 16.4. The number of carbonyl (C=O) groups is 2. The summed E-state index contributed by atoms with van der Waals surface area (Å²) in [5.41, 5.74) is 0.814. The second-order valence-corrected chi connectivity index (χ2v) is 12.0. The zero-order valence-corrected chi connectivity index (χ0v) is 20.6. The summed E-state index contributed by atoms with van der Waals surface area (Å²) in [5, 5.41) is 12.6. The number of hydrogen-bond acceptors (Lipinski definition) is 5. The summed E-state index contributed by atoms with van der Waals surface area (Å²) < 4.78 is 5.56. The van der Waals surface area contributed by atoms with Gasteiger partial charge in [-0.05, 0) is 80.7 Å². The van der Waals surface area contributed by atoms with Crippen LogP contribution in [0.15, 0.2) is 18.2 Å². The molecule has 2 bridgehead atoms. The van der Waals surface area contributed by atoms with Crippen LogP contribution in [-0.2, 0) is 21.4 Å². The Hall–Kier alpha value is -1.72. The molecule has 3 saturated carbocycles. The predicted molar refractivity (Wildman–Crippen MR) is 130 cm³/mol. The number of ether oxygens (including phenoxy) is 1. The number of rotatable bonds is 6. The van der Waals surface area contributed by atoms with Gasteiger partial charge < -0.3 is 9.84 Å². The first-order valence-corrected chi connectivity index (χ1v) is 13.6. The molecule has 0 aromatic heterocycles. The number of fused-ring (bicyclic) bond motifs is 1. The van der Waals surface area contributed by atoms with Crippen LogP contribution in [0.4, 0.5) is 0 Å². The Balaban J connectivity index is 1.35. The third-order valence-corrected chi connectivity index (χ3v) is 10.1. The second kappa shape index (κ2) is 8.44. The highest BCUT2D eigenvalue weighted by Gasteiger charge is 2.66. The van der Waals surface area contributed by atoms with Crippen LogP contribution in [0.25, 0.3) is 0 Å².